The number of benzene rings is 1. The number of fused-ring (bicyclic) bond motifs is 1. The molecule has 1 atom stereocenters. The number of pyridine rings is 1. The lowest BCUT2D eigenvalue weighted by Gasteiger charge is -2.20. The molecule has 0 bridgehead atoms. The number of hydrogen-bond acceptors (Lipinski definition) is 4. The molecule has 0 saturated carbocycles. The van der Waals surface area contributed by atoms with E-state index in [4.69, 9.17) is 0 Å². The first-order valence-corrected chi connectivity index (χ1v) is 9.38. The average molecular weight is 390 g/mol. The topological polar surface area (TPSA) is 32.6 Å². The standard InChI is InChI=1S/C19H17F3N4S/c1-25-11-15(13-6-3-2-4-7-13)24-18(25)27-12-14-10-26-16(19(20,21)22)8-5-9-17(26)23-14/h2-11,18,24H,12H2,1H3. The lowest BCUT2D eigenvalue weighted by Crippen LogP contribution is -2.30. The smallest absolute Gasteiger partial charge is 0.355 e. The molecule has 3 aromatic rings. The quantitative estimate of drug-likeness (QED) is 0.716. The number of alkyl halides is 3. The van der Waals surface area contributed by atoms with E-state index in [9.17, 15) is 13.2 Å². The summed E-state index contributed by atoms with van der Waals surface area (Å²) >= 11 is 1.58. The van der Waals surface area contributed by atoms with Gasteiger partial charge in [-0.3, -0.25) is 4.40 Å². The maximum atomic E-state index is 13.1. The van der Waals surface area contributed by atoms with Crippen molar-refractivity contribution in [3.8, 4) is 0 Å². The van der Waals surface area contributed by atoms with E-state index >= 15 is 0 Å². The number of rotatable bonds is 4. The van der Waals surface area contributed by atoms with E-state index in [0.717, 1.165) is 21.7 Å². The van der Waals surface area contributed by atoms with Crippen LogP contribution in [0.2, 0.25) is 0 Å². The SMILES string of the molecule is CN1C=C(c2ccccc2)NC1SCc1cn2c(C(F)(F)F)cccc2n1. The first-order valence-electron chi connectivity index (χ1n) is 8.33. The largest absolute Gasteiger partial charge is 0.431 e. The maximum absolute atomic E-state index is 13.1. The normalized spacial score (nSPS) is 17.3. The molecule has 1 aliphatic heterocycles. The summed E-state index contributed by atoms with van der Waals surface area (Å²) in [6, 6.07) is 14.0. The molecular formula is C19H17F3N4S. The summed E-state index contributed by atoms with van der Waals surface area (Å²) in [5.74, 6) is 0.497. The molecule has 4 rings (SSSR count). The Labute approximate surface area is 158 Å². The number of imidazole rings is 1. The minimum absolute atomic E-state index is 0.00731. The van der Waals surface area contributed by atoms with Gasteiger partial charge in [-0.1, -0.05) is 36.4 Å². The molecule has 3 heterocycles. The van der Waals surface area contributed by atoms with E-state index in [1.165, 1.54) is 12.3 Å². The van der Waals surface area contributed by atoms with Crippen LogP contribution in [0.3, 0.4) is 0 Å². The van der Waals surface area contributed by atoms with Gasteiger partial charge >= 0.3 is 6.18 Å². The number of aromatic nitrogens is 2. The number of nitrogens with one attached hydrogen (secondary N) is 1. The highest BCUT2D eigenvalue weighted by Gasteiger charge is 2.33. The Morgan fingerprint density at radius 1 is 1.11 bits per heavy atom. The average Bonchev–Trinajstić information content (AvgIpc) is 3.22. The van der Waals surface area contributed by atoms with E-state index < -0.39 is 11.9 Å². The molecule has 0 saturated heterocycles. The number of halogens is 3. The number of hydrogen-bond donors (Lipinski definition) is 1. The molecule has 1 N–H and O–H groups in total. The first kappa shape index (κ1) is 17.8. The van der Waals surface area contributed by atoms with E-state index in [-0.39, 0.29) is 5.50 Å². The van der Waals surface area contributed by atoms with Crippen molar-refractivity contribution in [2.75, 3.05) is 7.05 Å². The monoisotopic (exact) mass is 390 g/mol. The molecule has 1 aromatic carbocycles. The Balaban J connectivity index is 1.47. The van der Waals surface area contributed by atoms with E-state index in [0.29, 0.717) is 17.1 Å². The Hall–Kier alpha value is -2.61. The summed E-state index contributed by atoms with van der Waals surface area (Å²) in [4.78, 5) is 6.37. The van der Waals surface area contributed by atoms with Gasteiger partial charge < -0.3 is 10.2 Å². The van der Waals surface area contributed by atoms with Gasteiger partial charge in [0.2, 0.25) is 0 Å². The Kier molecular flexibility index (Phi) is 4.51. The fraction of sp³-hybridized carbons (Fsp3) is 0.211. The maximum Gasteiger partial charge on any atom is 0.431 e. The number of thioether (sulfide) groups is 1. The van der Waals surface area contributed by atoms with Crippen LogP contribution < -0.4 is 5.32 Å². The molecule has 1 unspecified atom stereocenters. The van der Waals surface area contributed by atoms with Crippen LogP contribution in [-0.4, -0.2) is 26.8 Å². The summed E-state index contributed by atoms with van der Waals surface area (Å²) in [5, 5.41) is 3.43. The van der Waals surface area contributed by atoms with Crippen LogP contribution in [-0.2, 0) is 11.9 Å². The molecule has 0 amide bonds. The van der Waals surface area contributed by atoms with Gasteiger partial charge in [-0.25, -0.2) is 4.98 Å². The summed E-state index contributed by atoms with van der Waals surface area (Å²) in [7, 11) is 1.96. The van der Waals surface area contributed by atoms with Gasteiger partial charge in [0.05, 0.1) is 11.4 Å². The van der Waals surface area contributed by atoms with Crippen LogP contribution in [0.25, 0.3) is 11.3 Å². The highest BCUT2D eigenvalue weighted by Crippen LogP contribution is 2.31. The fourth-order valence-corrected chi connectivity index (χ4v) is 3.98. The summed E-state index contributed by atoms with van der Waals surface area (Å²) in [6.07, 6.45) is -0.920. The fourth-order valence-electron chi connectivity index (χ4n) is 3.00. The number of nitrogens with zero attached hydrogens (tertiary/aromatic N) is 3. The molecule has 0 fully saturated rings. The van der Waals surface area contributed by atoms with Crippen LogP contribution in [0.15, 0.2) is 60.9 Å². The third-order valence-corrected chi connectivity index (χ3v) is 5.52. The predicted molar refractivity (Wildman–Crippen MR) is 101 cm³/mol. The summed E-state index contributed by atoms with van der Waals surface area (Å²) in [5.41, 5.74) is 2.30. The van der Waals surface area contributed by atoms with Crippen molar-refractivity contribution in [1.82, 2.24) is 19.6 Å². The highest BCUT2D eigenvalue weighted by molar-refractivity contribution is 7.99. The lowest BCUT2D eigenvalue weighted by atomic mass is 10.2. The third kappa shape index (κ3) is 3.62. The lowest BCUT2D eigenvalue weighted by molar-refractivity contribution is -0.142. The minimum atomic E-state index is -4.41. The van der Waals surface area contributed by atoms with Gasteiger partial charge in [-0.15, -0.1) is 11.8 Å². The van der Waals surface area contributed by atoms with Crippen molar-refractivity contribution < 1.29 is 13.2 Å². The molecule has 0 aliphatic carbocycles. The Bertz CT molecular complexity index is 982. The molecule has 140 valence electrons. The molecule has 0 radical (unpaired) electrons. The second kappa shape index (κ2) is 6.84. The van der Waals surface area contributed by atoms with E-state index in [1.54, 1.807) is 17.8 Å². The molecule has 8 heteroatoms. The van der Waals surface area contributed by atoms with E-state index in [2.05, 4.69) is 10.3 Å². The Morgan fingerprint density at radius 2 is 1.89 bits per heavy atom. The molecule has 27 heavy (non-hydrogen) atoms. The van der Waals surface area contributed by atoms with Crippen molar-refractivity contribution in [3.05, 3.63) is 77.9 Å². The van der Waals surface area contributed by atoms with Gasteiger partial charge in [0.25, 0.3) is 0 Å². The highest BCUT2D eigenvalue weighted by atomic mass is 32.2. The zero-order valence-corrected chi connectivity index (χ0v) is 15.3. The summed E-state index contributed by atoms with van der Waals surface area (Å²) < 4.78 is 40.5. The Morgan fingerprint density at radius 3 is 2.63 bits per heavy atom. The second-order valence-electron chi connectivity index (χ2n) is 6.25. The molecular weight excluding hydrogens is 373 g/mol. The van der Waals surface area contributed by atoms with Gasteiger partial charge in [-0.05, 0) is 17.7 Å². The van der Waals surface area contributed by atoms with Gasteiger partial charge in [0.1, 0.15) is 16.8 Å². The zero-order valence-electron chi connectivity index (χ0n) is 14.4. The first-order chi connectivity index (χ1) is 12.9. The molecule has 4 nitrogen and oxygen atoms in total. The van der Waals surface area contributed by atoms with Crippen molar-refractivity contribution in [1.29, 1.82) is 0 Å². The van der Waals surface area contributed by atoms with Crippen LogP contribution in [0.5, 0.6) is 0 Å². The minimum Gasteiger partial charge on any atom is -0.355 e. The van der Waals surface area contributed by atoms with E-state index in [1.807, 2.05) is 48.5 Å². The van der Waals surface area contributed by atoms with Crippen LogP contribution in [0.1, 0.15) is 17.0 Å². The van der Waals surface area contributed by atoms with Crippen molar-refractivity contribution in [3.63, 3.8) is 0 Å². The molecule has 0 spiro atoms. The van der Waals surface area contributed by atoms with Crippen molar-refractivity contribution >= 4 is 23.1 Å². The van der Waals surface area contributed by atoms with Crippen molar-refractivity contribution in [2.24, 2.45) is 0 Å². The van der Waals surface area contributed by atoms with Gasteiger partial charge in [0.15, 0.2) is 0 Å². The van der Waals surface area contributed by atoms with Crippen LogP contribution in [0.4, 0.5) is 13.2 Å². The molecule has 1 aliphatic rings. The van der Waals surface area contributed by atoms with Crippen molar-refractivity contribution in [2.45, 2.75) is 17.4 Å². The predicted octanol–water partition coefficient (Wildman–Crippen LogP) is 4.40. The molecule has 2 aromatic heterocycles. The van der Waals surface area contributed by atoms with Crippen LogP contribution in [0, 0.1) is 0 Å². The second-order valence-corrected chi connectivity index (χ2v) is 7.32. The van der Waals surface area contributed by atoms with Gasteiger partial charge in [-0.2, -0.15) is 13.2 Å². The zero-order chi connectivity index (χ0) is 19.0. The third-order valence-electron chi connectivity index (χ3n) is 4.29. The van der Waals surface area contributed by atoms with Crippen LogP contribution >= 0.6 is 11.8 Å². The summed E-state index contributed by atoms with van der Waals surface area (Å²) in [6.45, 7) is 0. The van der Waals surface area contributed by atoms with Gasteiger partial charge in [0, 0.05) is 25.2 Å².